The number of hydrogen-bond acceptors (Lipinski definition) is 3. The van der Waals surface area contributed by atoms with E-state index in [-0.39, 0.29) is 19.5 Å². The molecule has 0 bridgehead atoms. The van der Waals surface area contributed by atoms with Gasteiger partial charge in [-0.1, -0.05) is 42.0 Å². The van der Waals surface area contributed by atoms with Crippen LogP contribution in [-0.4, -0.2) is 47.7 Å². The summed E-state index contributed by atoms with van der Waals surface area (Å²) in [7, 11) is -3.68. The lowest BCUT2D eigenvalue weighted by Crippen LogP contribution is -2.45. The van der Waals surface area contributed by atoms with E-state index in [0.717, 1.165) is 11.1 Å². The van der Waals surface area contributed by atoms with Crippen molar-refractivity contribution in [3.05, 3.63) is 47.5 Å². The van der Waals surface area contributed by atoms with Gasteiger partial charge in [-0.3, -0.25) is 4.79 Å². The van der Waals surface area contributed by atoms with Gasteiger partial charge < -0.3 is 5.11 Å². The van der Waals surface area contributed by atoms with Gasteiger partial charge in [0.25, 0.3) is 10.2 Å². The van der Waals surface area contributed by atoms with Gasteiger partial charge in [0.1, 0.15) is 0 Å². The van der Waals surface area contributed by atoms with Crippen LogP contribution in [0.3, 0.4) is 0 Å². The molecule has 2 rings (SSSR count). The Bertz CT molecular complexity index is 685. The van der Waals surface area contributed by atoms with E-state index in [1.165, 1.54) is 8.61 Å². The lowest BCUT2D eigenvalue weighted by Gasteiger charge is -2.30. The van der Waals surface area contributed by atoms with Gasteiger partial charge in [-0.25, -0.2) is 0 Å². The molecule has 1 N–H and O–H groups in total. The highest BCUT2D eigenvalue weighted by Gasteiger charge is 2.30. The Kier molecular flexibility index (Phi) is 5.92. The van der Waals surface area contributed by atoms with Crippen molar-refractivity contribution in [1.82, 2.24) is 8.61 Å². The molecule has 0 spiro atoms. The van der Waals surface area contributed by atoms with E-state index < -0.39 is 16.2 Å². The zero-order chi connectivity index (χ0) is 16.9. The summed E-state index contributed by atoms with van der Waals surface area (Å²) >= 11 is 0. The smallest absolute Gasteiger partial charge is 0.304 e. The summed E-state index contributed by atoms with van der Waals surface area (Å²) in [6.45, 7) is 2.84. The summed E-state index contributed by atoms with van der Waals surface area (Å²) in [5, 5.41) is 8.90. The summed E-state index contributed by atoms with van der Waals surface area (Å²) in [4.78, 5) is 10.9. The quantitative estimate of drug-likeness (QED) is 0.769. The minimum atomic E-state index is -3.68. The van der Waals surface area contributed by atoms with Crippen molar-refractivity contribution in [2.45, 2.75) is 26.3 Å². The van der Waals surface area contributed by atoms with Gasteiger partial charge in [0.05, 0.1) is 6.42 Å². The first kappa shape index (κ1) is 17.7. The number of rotatable bonds is 7. The van der Waals surface area contributed by atoms with Crippen LogP contribution >= 0.6 is 0 Å². The third-order valence-corrected chi connectivity index (χ3v) is 5.64. The maximum absolute atomic E-state index is 12.8. The van der Waals surface area contributed by atoms with Crippen molar-refractivity contribution in [3.63, 3.8) is 0 Å². The van der Waals surface area contributed by atoms with Crippen LogP contribution < -0.4 is 0 Å². The summed E-state index contributed by atoms with van der Waals surface area (Å²) in [5.41, 5.74) is 1.89. The molecule has 0 fully saturated rings. The highest BCUT2D eigenvalue weighted by molar-refractivity contribution is 7.86. The zero-order valence-electron chi connectivity index (χ0n) is 13.2. The van der Waals surface area contributed by atoms with Crippen molar-refractivity contribution in [2.75, 3.05) is 19.6 Å². The number of hydrogen-bond donors (Lipinski definition) is 1. The predicted molar refractivity (Wildman–Crippen MR) is 88.1 cm³/mol. The number of aliphatic carboxylic acids is 1. The summed E-state index contributed by atoms with van der Waals surface area (Å²) in [6, 6.07) is 7.58. The number of aryl methyl sites for hydroxylation is 1. The van der Waals surface area contributed by atoms with Crippen LogP contribution in [0.4, 0.5) is 0 Å². The second-order valence-corrected chi connectivity index (χ2v) is 7.52. The molecule has 0 aliphatic carbocycles. The maximum Gasteiger partial charge on any atom is 0.304 e. The van der Waals surface area contributed by atoms with Crippen molar-refractivity contribution in [2.24, 2.45) is 0 Å². The Labute approximate surface area is 137 Å². The van der Waals surface area contributed by atoms with E-state index in [2.05, 4.69) is 0 Å². The second kappa shape index (κ2) is 7.72. The first-order valence-corrected chi connectivity index (χ1v) is 8.97. The Balaban J connectivity index is 2.21. The second-order valence-electron chi connectivity index (χ2n) is 5.59. The molecule has 1 aromatic carbocycles. The molecule has 0 saturated heterocycles. The monoisotopic (exact) mass is 338 g/mol. The molecule has 1 heterocycles. The highest BCUT2D eigenvalue weighted by atomic mass is 32.2. The van der Waals surface area contributed by atoms with Gasteiger partial charge in [-0.05, 0) is 18.9 Å². The molecule has 0 radical (unpaired) electrons. The molecule has 7 heteroatoms. The van der Waals surface area contributed by atoms with E-state index in [9.17, 15) is 13.2 Å². The largest absolute Gasteiger partial charge is 0.481 e. The normalized spacial score (nSPS) is 15.9. The fourth-order valence-electron chi connectivity index (χ4n) is 2.50. The SMILES string of the molecule is Cc1cccc(CN(CCC(=O)O)S(=O)(=O)N2CC=CCC2)c1. The van der Waals surface area contributed by atoms with Crippen LogP contribution in [0, 0.1) is 6.92 Å². The minimum absolute atomic E-state index is 0.0359. The molecule has 0 atom stereocenters. The Morgan fingerprint density at radius 3 is 2.74 bits per heavy atom. The molecule has 0 saturated carbocycles. The van der Waals surface area contributed by atoms with E-state index in [1.54, 1.807) is 0 Å². The van der Waals surface area contributed by atoms with E-state index >= 15 is 0 Å². The molecule has 1 aromatic rings. The Morgan fingerprint density at radius 1 is 1.35 bits per heavy atom. The molecular formula is C16H22N2O4S. The lowest BCUT2D eigenvalue weighted by molar-refractivity contribution is -0.137. The van der Waals surface area contributed by atoms with Crippen molar-refractivity contribution in [3.8, 4) is 0 Å². The van der Waals surface area contributed by atoms with Crippen LogP contribution in [0.5, 0.6) is 0 Å². The molecular weight excluding hydrogens is 316 g/mol. The van der Waals surface area contributed by atoms with Crippen LogP contribution in [0.1, 0.15) is 24.0 Å². The topological polar surface area (TPSA) is 77.9 Å². The maximum atomic E-state index is 12.8. The fraction of sp³-hybridized carbons (Fsp3) is 0.438. The highest BCUT2D eigenvalue weighted by Crippen LogP contribution is 2.17. The molecule has 0 amide bonds. The number of carbonyl (C=O) groups is 1. The number of nitrogens with zero attached hydrogens (tertiary/aromatic N) is 2. The number of carboxylic acids is 1. The molecule has 1 aliphatic rings. The first-order valence-electron chi connectivity index (χ1n) is 7.57. The number of carboxylic acid groups (broad SMARTS) is 1. The lowest BCUT2D eigenvalue weighted by atomic mass is 10.1. The standard InChI is InChI=1S/C16H22N2O4S/c1-14-6-5-7-15(12-14)13-18(11-8-16(19)20)23(21,22)17-9-3-2-4-10-17/h2-3,5-7,12H,4,8-11,13H2,1H3,(H,19,20). The minimum Gasteiger partial charge on any atom is -0.481 e. The number of benzene rings is 1. The average Bonchev–Trinajstić information content (AvgIpc) is 2.52. The van der Waals surface area contributed by atoms with Crippen molar-refractivity contribution < 1.29 is 18.3 Å². The summed E-state index contributed by atoms with van der Waals surface area (Å²) in [6.07, 6.45) is 4.24. The Morgan fingerprint density at radius 2 is 2.13 bits per heavy atom. The zero-order valence-corrected chi connectivity index (χ0v) is 14.0. The first-order chi connectivity index (χ1) is 10.9. The molecule has 126 valence electrons. The summed E-state index contributed by atoms with van der Waals surface area (Å²) < 4.78 is 28.3. The fourth-order valence-corrected chi connectivity index (χ4v) is 4.07. The predicted octanol–water partition coefficient (Wildman–Crippen LogP) is 1.78. The van der Waals surface area contributed by atoms with Crippen LogP contribution in [-0.2, 0) is 21.5 Å². The molecule has 0 aromatic heterocycles. The van der Waals surface area contributed by atoms with E-state index in [1.807, 2.05) is 43.3 Å². The van der Waals surface area contributed by atoms with Gasteiger partial charge in [-0.15, -0.1) is 0 Å². The molecule has 0 unspecified atom stereocenters. The van der Waals surface area contributed by atoms with Crippen molar-refractivity contribution in [1.29, 1.82) is 0 Å². The third-order valence-electron chi connectivity index (χ3n) is 3.69. The van der Waals surface area contributed by atoms with Gasteiger partial charge in [0.15, 0.2) is 0 Å². The van der Waals surface area contributed by atoms with Crippen LogP contribution in [0.15, 0.2) is 36.4 Å². The molecule has 6 nitrogen and oxygen atoms in total. The molecule has 1 aliphatic heterocycles. The van der Waals surface area contributed by atoms with Crippen LogP contribution in [0.2, 0.25) is 0 Å². The van der Waals surface area contributed by atoms with Gasteiger partial charge in [0, 0.05) is 26.2 Å². The summed E-state index contributed by atoms with van der Waals surface area (Å²) in [5.74, 6) is -1.01. The van der Waals surface area contributed by atoms with Gasteiger partial charge in [-0.2, -0.15) is 17.0 Å². The van der Waals surface area contributed by atoms with Gasteiger partial charge in [0.2, 0.25) is 0 Å². The molecule has 23 heavy (non-hydrogen) atoms. The van der Waals surface area contributed by atoms with Gasteiger partial charge >= 0.3 is 5.97 Å². The van der Waals surface area contributed by atoms with Crippen molar-refractivity contribution >= 4 is 16.2 Å². The van der Waals surface area contributed by atoms with E-state index in [4.69, 9.17) is 5.11 Å². The third kappa shape index (κ3) is 4.89. The average molecular weight is 338 g/mol. The van der Waals surface area contributed by atoms with Crippen LogP contribution in [0.25, 0.3) is 0 Å². The Hall–Kier alpha value is -1.70. The van der Waals surface area contributed by atoms with E-state index in [0.29, 0.717) is 19.5 Å².